The van der Waals surface area contributed by atoms with E-state index in [9.17, 15) is 19.5 Å². The maximum Gasteiger partial charge on any atom is 0.293 e. The summed E-state index contributed by atoms with van der Waals surface area (Å²) in [6.45, 7) is -0.718. The first-order valence-electron chi connectivity index (χ1n) is 5.75. The van der Waals surface area contributed by atoms with E-state index >= 15 is 0 Å². The minimum absolute atomic E-state index is 0.198. The fraction of sp³-hybridized carbons (Fsp3) is 0.0714. The fourth-order valence-corrected chi connectivity index (χ4v) is 2.38. The second kappa shape index (κ2) is 6.21. The van der Waals surface area contributed by atoms with Crippen LogP contribution in [0, 0.1) is 0 Å². The number of carboxylic acid groups (broad SMARTS) is 1. The van der Waals surface area contributed by atoms with Crippen molar-refractivity contribution in [2.45, 2.75) is 0 Å². The zero-order valence-electron chi connectivity index (χ0n) is 10.3. The Morgan fingerprint density at radius 2 is 1.95 bits per heavy atom. The molecular weight excluding hydrogens is 278 g/mol. The van der Waals surface area contributed by atoms with Crippen molar-refractivity contribution in [1.29, 1.82) is 0 Å². The van der Waals surface area contributed by atoms with Crippen molar-refractivity contribution >= 4 is 35.0 Å². The number of hydrogen-bond acceptors (Lipinski definition) is 5. The summed E-state index contributed by atoms with van der Waals surface area (Å²) in [5, 5.41) is 9.85. The van der Waals surface area contributed by atoms with Crippen LogP contribution in [0.1, 0.15) is 5.56 Å². The van der Waals surface area contributed by atoms with Gasteiger partial charge in [-0.2, -0.15) is 0 Å². The molecule has 1 aliphatic rings. The number of aliphatic carboxylic acids is 1. The minimum atomic E-state index is -1.46. The van der Waals surface area contributed by atoms with E-state index in [1.54, 1.807) is 12.2 Å². The lowest BCUT2D eigenvalue weighted by atomic mass is 10.2. The quantitative estimate of drug-likeness (QED) is 0.773. The molecule has 0 aliphatic carbocycles. The summed E-state index contributed by atoms with van der Waals surface area (Å²) in [6.07, 6.45) is 4.92. The molecule has 20 heavy (non-hydrogen) atoms. The molecule has 0 aromatic heterocycles. The number of benzene rings is 1. The highest BCUT2D eigenvalue weighted by molar-refractivity contribution is 8.18. The molecule has 1 aromatic carbocycles. The second-order valence-corrected chi connectivity index (χ2v) is 4.93. The van der Waals surface area contributed by atoms with Crippen LogP contribution in [0.25, 0.3) is 6.08 Å². The summed E-state index contributed by atoms with van der Waals surface area (Å²) in [7, 11) is 0. The van der Waals surface area contributed by atoms with Gasteiger partial charge in [0.15, 0.2) is 0 Å². The molecule has 1 heterocycles. The molecule has 2 rings (SSSR count). The second-order valence-electron chi connectivity index (χ2n) is 3.93. The van der Waals surface area contributed by atoms with E-state index in [0.29, 0.717) is 16.7 Å². The molecule has 0 radical (unpaired) electrons. The van der Waals surface area contributed by atoms with Crippen molar-refractivity contribution in [1.82, 2.24) is 4.90 Å². The van der Waals surface area contributed by atoms with Gasteiger partial charge in [-0.15, -0.1) is 0 Å². The fourth-order valence-electron chi connectivity index (χ4n) is 1.59. The van der Waals surface area contributed by atoms with Gasteiger partial charge in [0.25, 0.3) is 11.1 Å². The summed E-state index contributed by atoms with van der Waals surface area (Å²) in [5.74, 6) is -2.07. The van der Waals surface area contributed by atoms with Crippen LogP contribution in [0.4, 0.5) is 4.79 Å². The van der Waals surface area contributed by atoms with Gasteiger partial charge in [0.2, 0.25) is 0 Å². The molecule has 0 spiro atoms. The van der Waals surface area contributed by atoms with E-state index in [0.717, 1.165) is 5.56 Å². The lowest BCUT2D eigenvalue weighted by Gasteiger charge is -2.11. The van der Waals surface area contributed by atoms with E-state index in [2.05, 4.69) is 0 Å². The Balaban J connectivity index is 2.08. The van der Waals surface area contributed by atoms with Gasteiger partial charge in [-0.25, -0.2) is 0 Å². The number of hydrogen-bond donors (Lipinski definition) is 0. The zero-order chi connectivity index (χ0) is 14.5. The molecule has 102 valence electrons. The van der Waals surface area contributed by atoms with Crippen LogP contribution in [0.2, 0.25) is 0 Å². The number of amides is 2. The molecular formula is C14H10NO4S-. The maximum atomic E-state index is 11.8. The zero-order valence-corrected chi connectivity index (χ0v) is 11.1. The number of carbonyl (C=O) groups excluding carboxylic acids is 3. The van der Waals surface area contributed by atoms with Crippen LogP contribution in [-0.4, -0.2) is 28.6 Å². The predicted molar refractivity (Wildman–Crippen MR) is 73.3 cm³/mol. The average Bonchev–Trinajstić information content (AvgIpc) is 2.67. The summed E-state index contributed by atoms with van der Waals surface area (Å²) in [6, 6.07) is 9.45. The number of carbonyl (C=O) groups is 3. The summed E-state index contributed by atoms with van der Waals surface area (Å²) in [5.41, 5.74) is 0.956. The van der Waals surface area contributed by atoms with Gasteiger partial charge < -0.3 is 9.90 Å². The molecule has 1 saturated heterocycles. The van der Waals surface area contributed by atoms with Crippen LogP contribution >= 0.6 is 11.8 Å². The van der Waals surface area contributed by atoms with Crippen molar-refractivity contribution in [2.75, 3.05) is 6.54 Å². The SMILES string of the molecule is O=C([O-])CN1C(=O)SC(=CC=Cc2ccccc2)C1=O. The highest BCUT2D eigenvalue weighted by Gasteiger charge is 2.34. The van der Waals surface area contributed by atoms with E-state index in [1.807, 2.05) is 30.3 Å². The molecule has 0 N–H and O–H groups in total. The highest BCUT2D eigenvalue weighted by Crippen LogP contribution is 2.30. The first kappa shape index (κ1) is 14.1. The Bertz CT molecular complexity index is 607. The van der Waals surface area contributed by atoms with E-state index in [1.165, 1.54) is 6.08 Å². The molecule has 1 fully saturated rings. The number of thioether (sulfide) groups is 1. The molecule has 1 aromatic rings. The van der Waals surface area contributed by atoms with E-state index in [-0.39, 0.29) is 4.91 Å². The third-order valence-electron chi connectivity index (χ3n) is 2.50. The first-order valence-corrected chi connectivity index (χ1v) is 6.56. The van der Waals surface area contributed by atoms with Gasteiger partial charge >= 0.3 is 0 Å². The first-order chi connectivity index (χ1) is 9.58. The smallest absolute Gasteiger partial charge is 0.293 e. The largest absolute Gasteiger partial charge is 0.548 e. The topological polar surface area (TPSA) is 77.5 Å². The number of carboxylic acids is 1. The molecule has 1 aliphatic heterocycles. The maximum absolute atomic E-state index is 11.8. The van der Waals surface area contributed by atoms with Crippen molar-refractivity contribution in [3.63, 3.8) is 0 Å². The lowest BCUT2D eigenvalue weighted by Crippen LogP contribution is -2.40. The van der Waals surface area contributed by atoms with E-state index in [4.69, 9.17) is 0 Å². The molecule has 0 saturated carbocycles. The monoisotopic (exact) mass is 288 g/mol. The molecule has 5 nitrogen and oxygen atoms in total. The molecule has 0 bridgehead atoms. The van der Waals surface area contributed by atoms with Gasteiger partial charge in [-0.1, -0.05) is 42.5 Å². The Labute approximate surface area is 119 Å². The third-order valence-corrected chi connectivity index (χ3v) is 3.42. The molecule has 2 amide bonds. The number of allylic oxidation sites excluding steroid dienone is 2. The normalized spacial score (nSPS) is 17.4. The van der Waals surface area contributed by atoms with Gasteiger partial charge in [0, 0.05) is 0 Å². The Morgan fingerprint density at radius 1 is 1.25 bits per heavy atom. The van der Waals surface area contributed by atoms with Gasteiger partial charge in [0.1, 0.15) is 0 Å². The Hall–Kier alpha value is -2.34. The lowest BCUT2D eigenvalue weighted by molar-refractivity contribution is -0.305. The standard InChI is InChI=1S/C14H11NO4S/c16-12(17)9-15-13(18)11(20-14(15)19)8-4-7-10-5-2-1-3-6-10/h1-8H,9H2,(H,16,17)/p-1. The number of nitrogens with zero attached hydrogens (tertiary/aromatic N) is 1. The highest BCUT2D eigenvalue weighted by atomic mass is 32.2. The number of rotatable bonds is 4. The molecule has 0 atom stereocenters. The van der Waals surface area contributed by atoms with Crippen molar-refractivity contribution in [3.8, 4) is 0 Å². The van der Waals surface area contributed by atoms with Crippen LogP contribution in [0.5, 0.6) is 0 Å². The van der Waals surface area contributed by atoms with Crippen LogP contribution in [0.15, 0.2) is 47.4 Å². The molecule has 6 heteroatoms. The summed E-state index contributed by atoms with van der Waals surface area (Å²) >= 11 is 0.715. The minimum Gasteiger partial charge on any atom is -0.548 e. The third kappa shape index (κ3) is 3.36. The van der Waals surface area contributed by atoms with E-state index < -0.39 is 23.7 Å². The van der Waals surface area contributed by atoms with Crippen molar-refractivity contribution in [2.24, 2.45) is 0 Å². The Morgan fingerprint density at radius 3 is 2.60 bits per heavy atom. The van der Waals surface area contributed by atoms with Crippen molar-refractivity contribution < 1.29 is 19.5 Å². The van der Waals surface area contributed by atoms with Crippen LogP contribution in [0.3, 0.4) is 0 Å². The van der Waals surface area contributed by atoms with Crippen molar-refractivity contribution in [3.05, 3.63) is 53.0 Å². The van der Waals surface area contributed by atoms with Gasteiger partial charge in [-0.05, 0) is 23.4 Å². The molecule has 0 unspecified atom stereocenters. The Kier molecular flexibility index (Phi) is 4.37. The number of imide groups is 1. The van der Waals surface area contributed by atoms with Crippen LogP contribution in [-0.2, 0) is 9.59 Å². The summed E-state index contributed by atoms with van der Waals surface area (Å²) < 4.78 is 0. The van der Waals surface area contributed by atoms with Crippen LogP contribution < -0.4 is 5.11 Å². The summed E-state index contributed by atoms with van der Waals surface area (Å²) in [4.78, 5) is 34.6. The van der Waals surface area contributed by atoms with Gasteiger partial charge in [0.05, 0.1) is 17.4 Å². The average molecular weight is 288 g/mol. The predicted octanol–water partition coefficient (Wildman–Crippen LogP) is 1.03. The van der Waals surface area contributed by atoms with Gasteiger partial charge in [-0.3, -0.25) is 14.5 Å².